The van der Waals surface area contributed by atoms with Gasteiger partial charge < -0.3 is 9.80 Å². The van der Waals surface area contributed by atoms with Crippen LogP contribution in [0.25, 0.3) is 0 Å². The summed E-state index contributed by atoms with van der Waals surface area (Å²) in [6.45, 7) is 3.93. The van der Waals surface area contributed by atoms with E-state index in [-0.39, 0.29) is 5.56 Å². The second kappa shape index (κ2) is 5.76. The molecule has 2 unspecified atom stereocenters. The highest BCUT2D eigenvalue weighted by atomic mass is 16.5. The summed E-state index contributed by atoms with van der Waals surface area (Å²) in [6.07, 6.45) is 3.98. The number of carbonyl (C=O) groups excluding carboxylic acids is 1. The molecule has 24 heavy (non-hydrogen) atoms. The maximum absolute atomic E-state index is 11.3. The quantitative estimate of drug-likeness (QED) is 0.655. The Morgan fingerprint density at radius 2 is 1.75 bits per heavy atom. The third kappa shape index (κ3) is 2.46. The lowest BCUT2D eigenvalue weighted by atomic mass is 10.2. The number of nitrogens with one attached hydrogen (secondary N) is 1. The number of hydrogen-bond acceptors (Lipinski definition) is 6. The van der Waals surface area contributed by atoms with Crippen molar-refractivity contribution < 1.29 is 10.0 Å². The fourth-order valence-electron chi connectivity index (χ4n) is 3.62. The highest BCUT2D eigenvalue weighted by molar-refractivity contribution is 5.92. The van der Waals surface area contributed by atoms with Gasteiger partial charge in [0, 0.05) is 37.2 Å². The summed E-state index contributed by atoms with van der Waals surface area (Å²) in [4.78, 5) is 24.6. The SMILES string of the molecule is Cc1ccc(N2CC3CC2CN3c2ncc(C(=O)NO)cn2)cc1. The lowest BCUT2D eigenvalue weighted by molar-refractivity contribution is 0.0705. The predicted octanol–water partition coefficient (Wildman–Crippen LogP) is 1.37. The van der Waals surface area contributed by atoms with Gasteiger partial charge in [-0.3, -0.25) is 10.0 Å². The highest BCUT2D eigenvalue weighted by Crippen LogP contribution is 2.36. The lowest BCUT2D eigenvalue weighted by Gasteiger charge is -2.35. The molecule has 2 bridgehead atoms. The molecule has 2 aliphatic heterocycles. The molecule has 0 aliphatic carbocycles. The van der Waals surface area contributed by atoms with E-state index in [0.29, 0.717) is 18.0 Å². The van der Waals surface area contributed by atoms with Crippen LogP contribution in [0.3, 0.4) is 0 Å². The summed E-state index contributed by atoms with van der Waals surface area (Å²) >= 11 is 0. The fourth-order valence-corrected chi connectivity index (χ4v) is 3.62. The second-order valence-electron chi connectivity index (χ2n) is 6.40. The Kier molecular flexibility index (Phi) is 3.57. The number of nitrogens with zero attached hydrogens (tertiary/aromatic N) is 4. The van der Waals surface area contributed by atoms with Crippen LogP contribution < -0.4 is 15.3 Å². The van der Waals surface area contributed by atoms with Crippen molar-refractivity contribution in [3.8, 4) is 0 Å². The summed E-state index contributed by atoms with van der Waals surface area (Å²) in [5.41, 5.74) is 4.36. The zero-order valence-corrected chi connectivity index (χ0v) is 13.4. The average Bonchev–Trinajstić information content (AvgIpc) is 3.22. The molecule has 0 saturated carbocycles. The van der Waals surface area contributed by atoms with Gasteiger partial charge in [0.05, 0.1) is 11.6 Å². The zero-order valence-electron chi connectivity index (χ0n) is 13.4. The molecule has 1 amide bonds. The first-order valence-electron chi connectivity index (χ1n) is 8.02. The zero-order chi connectivity index (χ0) is 16.7. The smallest absolute Gasteiger partial charge is 0.277 e. The van der Waals surface area contributed by atoms with Crippen molar-refractivity contribution in [3.05, 3.63) is 47.8 Å². The third-order valence-corrected chi connectivity index (χ3v) is 4.87. The van der Waals surface area contributed by atoms with E-state index in [2.05, 4.69) is 51.0 Å². The summed E-state index contributed by atoms with van der Waals surface area (Å²) in [5, 5.41) is 8.64. The third-order valence-electron chi connectivity index (χ3n) is 4.87. The summed E-state index contributed by atoms with van der Waals surface area (Å²) < 4.78 is 0. The molecule has 1 aromatic carbocycles. The van der Waals surface area contributed by atoms with E-state index in [0.717, 1.165) is 19.5 Å². The molecular formula is C17H19N5O2. The van der Waals surface area contributed by atoms with Gasteiger partial charge in [-0.2, -0.15) is 0 Å². The molecule has 0 spiro atoms. The van der Waals surface area contributed by atoms with Crippen LogP contribution in [0, 0.1) is 6.92 Å². The highest BCUT2D eigenvalue weighted by Gasteiger charge is 2.44. The molecule has 0 radical (unpaired) electrons. The van der Waals surface area contributed by atoms with Crippen LogP contribution in [-0.2, 0) is 0 Å². The molecular weight excluding hydrogens is 306 g/mol. The van der Waals surface area contributed by atoms with E-state index in [1.165, 1.54) is 23.6 Å². The molecule has 2 aliphatic rings. The van der Waals surface area contributed by atoms with Gasteiger partial charge in [-0.25, -0.2) is 15.4 Å². The number of hydroxylamine groups is 1. The minimum atomic E-state index is -0.602. The Balaban J connectivity index is 1.48. The summed E-state index contributed by atoms with van der Waals surface area (Å²) in [5.74, 6) is 0.0376. The Bertz CT molecular complexity index is 747. The average molecular weight is 325 g/mol. The first kappa shape index (κ1) is 14.9. The molecule has 2 fully saturated rings. The van der Waals surface area contributed by atoms with Crippen molar-refractivity contribution >= 4 is 17.5 Å². The summed E-state index contributed by atoms with van der Waals surface area (Å²) in [6, 6.07) is 9.49. The normalized spacial score (nSPS) is 22.1. The van der Waals surface area contributed by atoms with Crippen LogP contribution in [0.5, 0.6) is 0 Å². The van der Waals surface area contributed by atoms with Gasteiger partial charge >= 0.3 is 0 Å². The van der Waals surface area contributed by atoms with Gasteiger partial charge in [-0.1, -0.05) is 17.7 Å². The van der Waals surface area contributed by atoms with Crippen LogP contribution in [0.1, 0.15) is 22.3 Å². The maximum Gasteiger partial charge on any atom is 0.277 e. The first-order chi connectivity index (χ1) is 11.7. The standard InChI is InChI=1S/C17H19N5O2/c1-11-2-4-13(5-3-11)21-9-15-6-14(21)10-22(15)17-18-7-12(8-19-17)16(23)20-24/h2-5,7-8,14-15,24H,6,9-10H2,1H3,(H,20,23). The number of aryl methyl sites for hydroxylation is 1. The Morgan fingerprint density at radius 3 is 2.33 bits per heavy atom. The van der Waals surface area contributed by atoms with Gasteiger partial charge in [0.15, 0.2) is 0 Å². The first-order valence-corrected chi connectivity index (χ1v) is 8.02. The van der Waals surface area contributed by atoms with E-state index in [1.807, 2.05) is 0 Å². The van der Waals surface area contributed by atoms with E-state index < -0.39 is 5.91 Å². The van der Waals surface area contributed by atoms with Crippen LogP contribution in [-0.4, -0.2) is 46.3 Å². The van der Waals surface area contributed by atoms with Crippen LogP contribution in [0.15, 0.2) is 36.7 Å². The van der Waals surface area contributed by atoms with Crippen molar-refractivity contribution in [2.24, 2.45) is 0 Å². The minimum absolute atomic E-state index is 0.242. The van der Waals surface area contributed by atoms with Crippen molar-refractivity contribution in [3.63, 3.8) is 0 Å². The molecule has 7 heteroatoms. The molecule has 3 heterocycles. The molecule has 2 saturated heterocycles. The van der Waals surface area contributed by atoms with Crippen LogP contribution in [0.4, 0.5) is 11.6 Å². The Labute approximate surface area is 139 Å². The van der Waals surface area contributed by atoms with E-state index in [1.54, 1.807) is 5.48 Å². The number of hydrogen-bond donors (Lipinski definition) is 2. The maximum atomic E-state index is 11.3. The number of anilines is 2. The lowest BCUT2D eigenvalue weighted by Crippen LogP contribution is -2.47. The monoisotopic (exact) mass is 325 g/mol. The molecule has 1 aromatic heterocycles. The van der Waals surface area contributed by atoms with Gasteiger partial charge in [0.1, 0.15) is 0 Å². The van der Waals surface area contributed by atoms with E-state index >= 15 is 0 Å². The number of rotatable bonds is 3. The predicted molar refractivity (Wildman–Crippen MR) is 89.3 cm³/mol. The van der Waals surface area contributed by atoms with Crippen LogP contribution >= 0.6 is 0 Å². The Hall–Kier alpha value is -2.67. The number of fused-ring (bicyclic) bond motifs is 2. The molecule has 2 N–H and O–H groups in total. The van der Waals surface area contributed by atoms with Crippen molar-refractivity contribution in [1.29, 1.82) is 0 Å². The molecule has 7 nitrogen and oxygen atoms in total. The van der Waals surface area contributed by atoms with Crippen molar-refractivity contribution in [2.45, 2.75) is 25.4 Å². The van der Waals surface area contributed by atoms with Gasteiger partial charge in [-0.05, 0) is 25.5 Å². The van der Waals surface area contributed by atoms with E-state index in [9.17, 15) is 4.79 Å². The second-order valence-corrected chi connectivity index (χ2v) is 6.40. The number of benzene rings is 1. The number of aromatic nitrogens is 2. The van der Waals surface area contributed by atoms with E-state index in [4.69, 9.17) is 5.21 Å². The largest absolute Gasteiger partial charge is 0.365 e. The molecule has 2 atom stereocenters. The van der Waals surface area contributed by atoms with Gasteiger partial charge in [0.25, 0.3) is 5.91 Å². The number of piperazine rings is 1. The van der Waals surface area contributed by atoms with Crippen molar-refractivity contribution in [1.82, 2.24) is 15.4 Å². The molecule has 2 aromatic rings. The topological polar surface area (TPSA) is 81.6 Å². The van der Waals surface area contributed by atoms with Gasteiger partial charge in [0.2, 0.25) is 5.95 Å². The Morgan fingerprint density at radius 1 is 1.12 bits per heavy atom. The number of amides is 1. The fraction of sp³-hybridized carbons (Fsp3) is 0.353. The minimum Gasteiger partial charge on any atom is -0.365 e. The van der Waals surface area contributed by atoms with Crippen molar-refractivity contribution in [2.75, 3.05) is 22.9 Å². The van der Waals surface area contributed by atoms with Crippen LogP contribution in [0.2, 0.25) is 0 Å². The summed E-state index contributed by atoms with van der Waals surface area (Å²) in [7, 11) is 0. The molecule has 4 rings (SSSR count). The van der Waals surface area contributed by atoms with Gasteiger partial charge in [-0.15, -0.1) is 0 Å². The molecule has 124 valence electrons. The number of carbonyl (C=O) groups is 1.